The lowest BCUT2D eigenvalue weighted by Crippen LogP contribution is -2.09. The first-order valence-corrected chi connectivity index (χ1v) is 13.1. The number of rotatable bonds is 6. The number of furan rings is 1. The van der Waals surface area contributed by atoms with Crippen LogP contribution >= 0.6 is 31.9 Å². The number of hydrogen-bond donors (Lipinski definition) is 0. The number of carbonyl (C=O) groups excluding carboxylic acids is 1. The second-order valence-corrected chi connectivity index (χ2v) is 10.2. The van der Waals surface area contributed by atoms with E-state index in [-0.39, 0.29) is 33.7 Å². The van der Waals surface area contributed by atoms with Gasteiger partial charge in [0, 0.05) is 37.8 Å². The van der Waals surface area contributed by atoms with Gasteiger partial charge in [-0.2, -0.15) is 5.26 Å². The second kappa shape index (κ2) is 11.1. The zero-order valence-electron chi connectivity index (χ0n) is 19.9. The minimum Gasteiger partial charge on any atom is -0.454 e. The highest BCUT2D eigenvalue weighted by molar-refractivity contribution is 9.10. The van der Waals surface area contributed by atoms with Crippen LogP contribution in [-0.4, -0.2) is 10.9 Å². The van der Waals surface area contributed by atoms with Crippen molar-refractivity contribution in [2.45, 2.75) is 0 Å². The van der Waals surface area contributed by atoms with E-state index < -0.39 is 10.9 Å². The monoisotopic (exact) mass is 642 g/mol. The van der Waals surface area contributed by atoms with Crippen molar-refractivity contribution >= 4 is 43.5 Å². The molecule has 39 heavy (non-hydrogen) atoms. The first-order valence-electron chi connectivity index (χ1n) is 11.5. The molecule has 0 aliphatic rings. The molecule has 4 aromatic carbocycles. The standard InChI is InChI=1S/C30H16Br2N2O5/c31-21-10-6-19(7-11-21)29-27(25(17-33)28(39-29)18-4-2-1-3-5-18)24-16-23(34(36)37)14-15-26(24)38-30(35)20-8-12-22(32)13-9-20/h1-16H. The number of ether oxygens (including phenoxy) is 1. The van der Waals surface area contributed by atoms with Gasteiger partial charge in [0.15, 0.2) is 5.76 Å². The Labute approximate surface area is 239 Å². The van der Waals surface area contributed by atoms with E-state index in [9.17, 15) is 20.2 Å². The van der Waals surface area contributed by atoms with Crippen LogP contribution in [0.2, 0.25) is 0 Å². The fraction of sp³-hybridized carbons (Fsp3) is 0. The molecule has 0 aliphatic heterocycles. The second-order valence-electron chi connectivity index (χ2n) is 8.33. The third-order valence-corrected chi connectivity index (χ3v) is 6.95. The molecule has 0 amide bonds. The molecular weight excluding hydrogens is 628 g/mol. The quantitative estimate of drug-likeness (QED) is 0.0792. The lowest BCUT2D eigenvalue weighted by atomic mass is 9.95. The van der Waals surface area contributed by atoms with E-state index in [1.54, 1.807) is 48.5 Å². The van der Waals surface area contributed by atoms with Gasteiger partial charge in [-0.05, 0) is 42.5 Å². The number of nitrogens with zero attached hydrogens (tertiary/aromatic N) is 2. The van der Waals surface area contributed by atoms with Gasteiger partial charge in [-0.3, -0.25) is 10.1 Å². The van der Waals surface area contributed by atoms with E-state index in [1.165, 1.54) is 18.2 Å². The fourth-order valence-electron chi connectivity index (χ4n) is 4.05. The summed E-state index contributed by atoms with van der Waals surface area (Å²) in [5.74, 6) is -0.0149. The summed E-state index contributed by atoms with van der Waals surface area (Å²) < 4.78 is 13.7. The highest BCUT2D eigenvalue weighted by Crippen LogP contribution is 2.47. The van der Waals surface area contributed by atoms with Crippen LogP contribution in [0.5, 0.6) is 5.75 Å². The van der Waals surface area contributed by atoms with Crippen LogP contribution in [0.25, 0.3) is 33.8 Å². The molecule has 0 bridgehead atoms. The van der Waals surface area contributed by atoms with Gasteiger partial charge in [0.25, 0.3) is 5.69 Å². The largest absolute Gasteiger partial charge is 0.454 e. The van der Waals surface area contributed by atoms with E-state index in [1.807, 2.05) is 30.3 Å². The number of nitro groups is 1. The Bertz CT molecular complexity index is 1740. The minimum atomic E-state index is -0.659. The topological polar surface area (TPSA) is 106 Å². The number of halogens is 2. The third-order valence-electron chi connectivity index (χ3n) is 5.89. The molecule has 9 heteroatoms. The highest BCUT2D eigenvalue weighted by Gasteiger charge is 2.28. The van der Waals surface area contributed by atoms with Crippen molar-refractivity contribution in [2.75, 3.05) is 0 Å². The van der Waals surface area contributed by atoms with E-state index >= 15 is 0 Å². The smallest absolute Gasteiger partial charge is 0.343 e. The van der Waals surface area contributed by atoms with Gasteiger partial charge in [0.1, 0.15) is 23.1 Å². The van der Waals surface area contributed by atoms with Crippen molar-refractivity contribution in [3.05, 3.63) is 127 Å². The fourth-order valence-corrected chi connectivity index (χ4v) is 4.58. The molecule has 0 saturated carbocycles. The van der Waals surface area contributed by atoms with Gasteiger partial charge in [-0.15, -0.1) is 0 Å². The van der Waals surface area contributed by atoms with Crippen LogP contribution in [-0.2, 0) is 0 Å². The number of esters is 1. The molecule has 0 saturated heterocycles. The zero-order valence-corrected chi connectivity index (χ0v) is 23.1. The Hall–Kier alpha value is -4.52. The normalized spacial score (nSPS) is 10.6. The van der Waals surface area contributed by atoms with Gasteiger partial charge in [0.2, 0.25) is 0 Å². The Balaban J connectivity index is 1.76. The molecule has 0 radical (unpaired) electrons. The Morgan fingerprint density at radius 1 is 0.846 bits per heavy atom. The number of nitriles is 1. The van der Waals surface area contributed by atoms with Crippen LogP contribution < -0.4 is 4.74 Å². The molecule has 190 valence electrons. The van der Waals surface area contributed by atoms with Crippen molar-refractivity contribution in [1.82, 2.24) is 0 Å². The Kier molecular flexibility index (Phi) is 7.41. The molecule has 5 aromatic rings. The average molecular weight is 644 g/mol. The van der Waals surface area contributed by atoms with Crippen molar-refractivity contribution in [2.24, 2.45) is 0 Å². The zero-order chi connectivity index (χ0) is 27.5. The molecule has 1 heterocycles. The summed E-state index contributed by atoms with van der Waals surface area (Å²) in [6, 6.07) is 29.0. The van der Waals surface area contributed by atoms with E-state index in [4.69, 9.17) is 9.15 Å². The third kappa shape index (κ3) is 5.39. The molecule has 0 N–H and O–H groups in total. The SMILES string of the molecule is N#Cc1c(-c2ccccc2)oc(-c2ccc(Br)cc2)c1-c1cc([N+](=O)[O-])ccc1OC(=O)c1ccc(Br)cc1. The molecule has 0 unspecified atom stereocenters. The Morgan fingerprint density at radius 2 is 1.46 bits per heavy atom. The number of non-ortho nitro benzene ring substituents is 1. The van der Waals surface area contributed by atoms with Gasteiger partial charge < -0.3 is 9.15 Å². The van der Waals surface area contributed by atoms with Gasteiger partial charge in [-0.1, -0.05) is 74.3 Å². The number of nitro benzene ring substituents is 1. The molecule has 0 fully saturated rings. The number of carbonyl (C=O) groups is 1. The van der Waals surface area contributed by atoms with Crippen LogP contribution in [0.15, 0.2) is 110 Å². The first kappa shape index (κ1) is 26.1. The molecule has 1 aromatic heterocycles. The summed E-state index contributed by atoms with van der Waals surface area (Å²) >= 11 is 6.76. The van der Waals surface area contributed by atoms with E-state index in [2.05, 4.69) is 37.9 Å². The van der Waals surface area contributed by atoms with Gasteiger partial charge >= 0.3 is 5.97 Å². The summed E-state index contributed by atoms with van der Waals surface area (Å²) in [5.41, 5.74) is 1.94. The van der Waals surface area contributed by atoms with Crippen LogP contribution in [0.1, 0.15) is 15.9 Å². The highest BCUT2D eigenvalue weighted by atomic mass is 79.9. The summed E-state index contributed by atoms with van der Waals surface area (Å²) in [7, 11) is 0. The van der Waals surface area contributed by atoms with Crippen molar-refractivity contribution < 1.29 is 18.9 Å². The van der Waals surface area contributed by atoms with Gasteiger partial charge in [-0.25, -0.2) is 4.79 Å². The van der Waals surface area contributed by atoms with Crippen LogP contribution in [0.3, 0.4) is 0 Å². The molecule has 0 aliphatic carbocycles. The maximum atomic E-state index is 13.0. The molecule has 7 nitrogen and oxygen atoms in total. The molecule has 0 spiro atoms. The summed E-state index contributed by atoms with van der Waals surface area (Å²) in [4.78, 5) is 24.2. The summed E-state index contributed by atoms with van der Waals surface area (Å²) in [6.07, 6.45) is 0. The maximum absolute atomic E-state index is 13.0. The predicted molar refractivity (Wildman–Crippen MR) is 153 cm³/mol. The number of benzene rings is 4. The first-order chi connectivity index (χ1) is 18.9. The van der Waals surface area contributed by atoms with Gasteiger partial charge in [0.05, 0.1) is 16.1 Å². The molecular formula is C30H16Br2N2O5. The minimum absolute atomic E-state index is 0.0452. The lowest BCUT2D eigenvalue weighted by Gasteiger charge is -2.11. The number of hydrogen-bond acceptors (Lipinski definition) is 6. The van der Waals surface area contributed by atoms with Crippen molar-refractivity contribution in [3.63, 3.8) is 0 Å². The van der Waals surface area contributed by atoms with E-state index in [0.717, 1.165) is 8.95 Å². The van der Waals surface area contributed by atoms with Crippen molar-refractivity contribution in [1.29, 1.82) is 5.26 Å². The average Bonchev–Trinajstić information content (AvgIpc) is 3.34. The maximum Gasteiger partial charge on any atom is 0.343 e. The Morgan fingerprint density at radius 3 is 2.08 bits per heavy atom. The summed E-state index contributed by atoms with van der Waals surface area (Å²) in [6.45, 7) is 0. The summed E-state index contributed by atoms with van der Waals surface area (Å²) in [5, 5.41) is 22.1. The lowest BCUT2D eigenvalue weighted by molar-refractivity contribution is -0.384. The van der Waals surface area contributed by atoms with Crippen LogP contribution in [0.4, 0.5) is 5.69 Å². The molecule has 5 rings (SSSR count). The van der Waals surface area contributed by atoms with Crippen LogP contribution in [0, 0.1) is 21.4 Å². The van der Waals surface area contributed by atoms with Crippen molar-refractivity contribution in [3.8, 4) is 45.6 Å². The molecule has 0 atom stereocenters. The predicted octanol–water partition coefficient (Wildman–Crippen LogP) is 8.80. The van der Waals surface area contributed by atoms with E-state index in [0.29, 0.717) is 22.6 Å².